The first-order valence-electron chi connectivity index (χ1n) is 10.2. The average molecular weight is 424 g/mol. The number of rotatable bonds is 6. The van der Waals surface area contributed by atoms with Crippen molar-refractivity contribution in [3.8, 4) is 5.69 Å². The Labute approximate surface area is 179 Å². The topological polar surface area (TPSA) is 137 Å². The molecule has 10 heteroatoms. The number of nitrogens with one attached hydrogen (secondary N) is 2. The van der Waals surface area contributed by atoms with Crippen LogP contribution in [0.4, 0.5) is 21.7 Å². The number of carbonyl (C=O) groups is 1. The van der Waals surface area contributed by atoms with Crippen molar-refractivity contribution in [2.45, 2.75) is 44.7 Å². The summed E-state index contributed by atoms with van der Waals surface area (Å²) in [6, 6.07) is 4.54. The lowest BCUT2D eigenvalue weighted by molar-refractivity contribution is 0.100. The lowest BCUT2D eigenvalue weighted by atomic mass is 9.91. The summed E-state index contributed by atoms with van der Waals surface area (Å²) in [5.74, 6) is -1.28. The predicted molar refractivity (Wildman–Crippen MR) is 116 cm³/mol. The number of anilines is 3. The molecule has 1 aliphatic carbocycles. The fourth-order valence-electron chi connectivity index (χ4n) is 3.76. The molecule has 2 unspecified atom stereocenters. The van der Waals surface area contributed by atoms with E-state index in [9.17, 15) is 9.18 Å². The molecule has 2 atom stereocenters. The highest BCUT2D eigenvalue weighted by Gasteiger charge is 2.24. The van der Waals surface area contributed by atoms with Gasteiger partial charge in [0.05, 0.1) is 28.8 Å². The molecule has 0 aliphatic heterocycles. The molecule has 0 aromatic carbocycles. The molecule has 0 saturated heterocycles. The van der Waals surface area contributed by atoms with Gasteiger partial charge in [0.25, 0.3) is 5.91 Å². The predicted octanol–water partition coefficient (Wildman–Crippen LogP) is 2.63. The van der Waals surface area contributed by atoms with Gasteiger partial charge in [-0.05, 0) is 38.0 Å². The third-order valence-corrected chi connectivity index (χ3v) is 5.46. The number of pyridine rings is 2. The molecule has 1 aliphatic rings. The van der Waals surface area contributed by atoms with Crippen molar-refractivity contribution in [3.63, 3.8) is 0 Å². The molecule has 0 bridgehead atoms. The zero-order valence-electron chi connectivity index (χ0n) is 17.2. The first-order chi connectivity index (χ1) is 14.9. The van der Waals surface area contributed by atoms with Crippen LogP contribution in [0.2, 0.25) is 0 Å². The van der Waals surface area contributed by atoms with E-state index in [1.54, 1.807) is 29.3 Å². The van der Waals surface area contributed by atoms with E-state index < -0.39 is 11.7 Å². The highest BCUT2D eigenvalue weighted by atomic mass is 19.1. The molecule has 3 aromatic rings. The fourth-order valence-corrected chi connectivity index (χ4v) is 3.76. The summed E-state index contributed by atoms with van der Waals surface area (Å²) >= 11 is 0. The maximum atomic E-state index is 14.7. The monoisotopic (exact) mass is 424 g/mol. The normalized spacial score (nSPS) is 18.5. The average Bonchev–Trinajstić information content (AvgIpc) is 3.27. The number of amides is 1. The van der Waals surface area contributed by atoms with Crippen molar-refractivity contribution < 1.29 is 9.18 Å². The number of primary amides is 1. The zero-order valence-corrected chi connectivity index (χ0v) is 17.2. The largest absolute Gasteiger partial charge is 0.365 e. The van der Waals surface area contributed by atoms with E-state index in [-0.39, 0.29) is 29.3 Å². The van der Waals surface area contributed by atoms with E-state index in [2.05, 4.69) is 25.7 Å². The van der Waals surface area contributed by atoms with Crippen molar-refractivity contribution in [2.24, 2.45) is 11.5 Å². The molecular formula is C21H25FN8O. The lowest BCUT2D eigenvalue weighted by Crippen LogP contribution is -2.43. The Morgan fingerprint density at radius 2 is 2.06 bits per heavy atom. The Kier molecular flexibility index (Phi) is 5.81. The van der Waals surface area contributed by atoms with Gasteiger partial charge in [-0.15, -0.1) is 0 Å². The number of aryl methyl sites for hydroxylation is 1. The highest BCUT2D eigenvalue weighted by molar-refractivity contribution is 5.98. The second kappa shape index (κ2) is 8.68. The van der Waals surface area contributed by atoms with Crippen LogP contribution in [0.3, 0.4) is 0 Å². The van der Waals surface area contributed by atoms with Crippen LogP contribution in [0, 0.1) is 12.7 Å². The second-order valence-corrected chi connectivity index (χ2v) is 7.68. The maximum absolute atomic E-state index is 14.7. The van der Waals surface area contributed by atoms with E-state index in [1.165, 1.54) is 0 Å². The Morgan fingerprint density at radius 1 is 1.26 bits per heavy atom. The standard InChI is InChI=1S/C21H25FN8O/c1-12-18(30-8-4-7-26-30)9-13(11-25-12)27-20-14(19(24)31)10-15(22)21(29-20)28-17-6-3-2-5-16(17)23/h4,7-11,16-17H,2-3,5-6,23H2,1H3,(H2,24,31)(H2,27,28,29). The molecule has 0 spiro atoms. The van der Waals surface area contributed by atoms with Crippen molar-refractivity contribution in [2.75, 3.05) is 10.6 Å². The van der Waals surface area contributed by atoms with Gasteiger partial charge in [-0.3, -0.25) is 9.78 Å². The molecule has 1 amide bonds. The molecular weight excluding hydrogens is 399 g/mol. The van der Waals surface area contributed by atoms with Gasteiger partial charge in [-0.1, -0.05) is 12.8 Å². The minimum Gasteiger partial charge on any atom is -0.365 e. The molecule has 3 aromatic heterocycles. The van der Waals surface area contributed by atoms with Crippen LogP contribution in [0.15, 0.2) is 36.8 Å². The molecule has 4 rings (SSSR count). The summed E-state index contributed by atoms with van der Waals surface area (Å²) in [4.78, 5) is 20.6. The summed E-state index contributed by atoms with van der Waals surface area (Å²) in [7, 11) is 0. The molecule has 6 N–H and O–H groups in total. The van der Waals surface area contributed by atoms with Crippen LogP contribution in [-0.2, 0) is 0 Å². The molecule has 1 saturated carbocycles. The van der Waals surface area contributed by atoms with E-state index in [0.717, 1.165) is 43.1 Å². The summed E-state index contributed by atoms with van der Waals surface area (Å²) in [5.41, 5.74) is 13.7. The van der Waals surface area contributed by atoms with E-state index in [4.69, 9.17) is 11.5 Å². The highest BCUT2D eigenvalue weighted by Crippen LogP contribution is 2.27. The minimum absolute atomic E-state index is 0.0298. The minimum atomic E-state index is -0.790. The van der Waals surface area contributed by atoms with Crippen LogP contribution >= 0.6 is 0 Å². The molecule has 31 heavy (non-hydrogen) atoms. The van der Waals surface area contributed by atoms with Crippen LogP contribution < -0.4 is 22.1 Å². The van der Waals surface area contributed by atoms with Crippen LogP contribution in [0.5, 0.6) is 0 Å². The summed E-state index contributed by atoms with van der Waals surface area (Å²) in [6.45, 7) is 1.86. The Balaban J connectivity index is 1.67. The van der Waals surface area contributed by atoms with Gasteiger partial charge in [0.2, 0.25) is 0 Å². The number of nitrogens with zero attached hydrogens (tertiary/aromatic N) is 4. The number of carbonyl (C=O) groups excluding carboxylic acids is 1. The third kappa shape index (κ3) is 4.48. The number of nitrogens with two attached hydrogens (primary N) is 2. The number of aromatic nitrogens is 4. The molecule has 1 fully saturated rings. The van der Waals surface area contributed by atoms with E-state index in [0.29, 0.717) is 5.69 Å². The van der Waals surface area contributed by atoms with Gasteiger partial charge in [-0.2, -0.15) is 5.10 Å². The number of hydrogen-bond acceptors (Lipinski definition) is 7. The fraction of sp³-hybridized carbons (Fsp3) is 0.333. The number of hydrogen-bond donors (Lipinski definition) is 4. The van der Waals surface area contributed by atoms with Crippen molar-refractivity contribution >= 4 is 23.2 Å². The Bertz CT molecular complexity index is 1090. The first-order valence-corrected chi connectivity index (χ1v) is 10.2. The molecule has 3 heterocycles. The SMILES string of the molecule is Cc1ncc(Nc2nc(NC3CCCCC3N)c(F)cc2C(N)=O)cc1-n1cccn1. The van der Waals surface area contributed by atoms with Crippen molar-refractivity contribution in [1.29, 1.82) is 0 Å². The zero-order chi connectivity index (χ0) is 22.0. The quantitative estimate of drug-likeness (QED) is 0.477. The van der Waals surface area contributed by atoms with Crippen LogP contribution in [0.25, 0.3) is 5.69 Å². The van der Waals surface area contributed by atoms with Gasteiger partial charge in [0.1, 0.15) is 5.82 Å². The summed E-state index contributed by atoms with van der Waals surface area (Å²) in [5, 5.41) is 10.4. The van der Waals surface area contributed by atoms with Crippen LogP contribution in [-0.4, -0.2) is 37.7 Å². The van der Waals surface area contributed by atoms with E-state index >= 15 is 0 Å². The van der Waals surface area contributed by atoms with Crippen molar-refractivity contribution in [1.82, 2.24) is 19.7 Å². The Morgan fingerprint density at radius 3 is 2.77 bits per heavy atom. The third-order valence-electron chi connectivity index (χ3n) is 5.46. The van der Waals surface area contributed by atoms with Gasteiger partial charge >= 0.3 is 0 Å². The van der Waals surface area contributed by atoms with Gasteiger partial charge < -0.3 is 22.1 Å². The van der Waals surface area contributed by atoms with Gasteiger partial charge in [-0.25, -0.2) is 14.1 Å². The van der Waals surface area contributed by atoms with Gasteiger partial charge in [0, 0.05) is 24.5 Å². The lowest BCUT2D eigenvalue weighted by Gasteiger charge is -2.30. The summed E-state index contributed by atoms with van der Waals surface area (Å²) in [6.07, 6.45) is 8.84. The smallest absolute Gasteiger partial charge is 0.252 e. The maximum Gasteiger partial charge on any atom is 0.252 e. The molecule has 162 valence electrons. The molecule has 0 radical (unpaired) electrons. The second-order valence-electron chi connectivity index (χ2n) is 7.68. The van der Waals surface area contributed by atoms with E-state index in [1.807, 2.05) is 13.0 Å². The van der Waals surface area contributed by atoms with Crippen LogP contribution in [0.1, 0.15) is 41.7 Å². The van der Waals surface area contributed by atoms with Crippen molar-refractivity contribution in [3.05, 3.63) is 53.9 Å². The summed E-state index contributed by atoms with van der Waals surface area (Å²) < 4.78 is 16.4. The van der Waals surface area contributed by atoms with Gasteiger partial charge in [0.15, 0.2) is 11.6 Å². The first kappa shape index (κ1) is 20.7. The Hall–Kier alpha value is -3.53. The molecule has 9 nitrogen and oxygen atoms in total. The number of halogens is 1.